The van der Waals surface area contributed by atoms with E-state index in [4.69, 9.17) is 11.6 Å². The molecule has 7 heteroatoms. The summed E-state index contributed by atoms with van der Waals surface area (Å²) in [5, 5.41) is 3.38. The number of benzene rings is 1. The number of anilines is 3. The van der Waals surface area contributed by atoms with Crippen LogP contribution in [0.3, 0.4) is 0 Å². The first-order valence-corrected chi connectivity index (χ1v) is 9.51. The first kappa shape index (κ1) is 18.3. The number of halogens is 1. The van der Waals surface area contributed by atoms with Crippen molar-refractivity contribution in [1.82, 2.24) is 9.97 Å². The van der Waals surface area contributed by atoms with Crippen molar-refractivity contribution in [2.24, 2.45) is 0 Å². The fourth-order valence-corrected chi connectivity index (χ4v) is 3.39. The third kappa shape index (κ3) is 4.23. The Morgan fingerprint density at radius 2 is 1.75 bits per heavy atom. The van der Waals surface area contributed by atoms with Crippen molar-refractivity contribution in [3.8, 4) is 0 Å². The molecule has 28 heavy (non-hydrogen) atoms. The normalized spacial score (nSPS) is 14.0. The van der Waals surface area contributed by atoms with Gasteiger partial charge in [0.05, 0.1) is 11.9 Å². The van der Waals surface area contributed by atoms with Crippen molar-refractivity contribution in [3.05, 3.63) is 77.7 Å². The van der Waals surface area contributed by atoms with Crippen molar-refractivity contribution in [2.75, 3.05) is 41.3 Å². The van der Waals surface area contributed by atoms with Crippen LogP contribution in [0.2, 0.25) is 5.02 Å². The van der Waals surface area contributed by atoms with Crippen molar-refractivity contribution >= 4 is 34.7 Å². The van der Waals surface area contributed by atoms with Gasteiger partial charge in [-0.3, -0.25) is 4.79 Å². The second kappa shape index (κ2) is 8.27. The minimum absolute atomic E-state index is 0.256. The highest BCUT2D eigenvalue weighted by Gasteiger charge is 2.19. The van der Waals surface area contributed by atoms with Crippen LogP contribution in [0.1, 0.15) is 10.5 Å². The number of nitrogens with one attached hydrogen (secondary N) is 1. The largest absolute Gasteiger partial charge is 0.367 e. The number of hydrogen-bond acceptors (Lipinski definition) is 5. The van der Waals surface area contributed by atoms with Gasteiger partial charge < -0.3 is 15.1 Å². The number of amides is 1. The minimum Gasteiger partial charge on any atom is -0.367 e. The highest BCUT2D eigenvalue weighted by Crippen LogP contribution is 2.19. The summed E-state index contributed by atoms with van der Waals surface area (Å²) in [5.74, 6) is 0.752. The molecule has 1 aliphatic rings. The molecule has 3 heterocycles. The minimum atomic E-state index is -0.256. The Bertz CT molecular complexity index is 941. The maximum Gasteiger partial charge on any atom is 0.274 e. The maximum absolute atomic E-state index is 12.4. The number of carbonyl (C=O) groups excluding carboxylic acids is 1. The fraction of sp³-hybridized carbons (Fsp3) is 0.190. The summed E-state index contributed by atoms with van der Waals surface area (Å²) >= 11 is 5.95. The van der Waals surface area contributed by atoms with Crippen LogP contribution < -0.4 is 15.1 Å². The monoisotopic (exact) mass is 393 g/mol. The standard InChI is InChI=1S/C21H20ClN5O/c22-16-4-3-5-17(14-16)25-21(28)19-8-7-18(15-24-19)26-10-12-27(13-11-26)20-6-1-2-9-23-20/h1-9,14-15H,10-13H2,(H,25,28). The van der Waals surface area contributed by atoms with Crippen molar-refractivity contribution in [2.45, 2.75) is 0 Å². The molecule has 0 unspecified atom stereocenters. The summed E-state index contributed by atoms with van der Waals surface area (Å²) in [7, 11) is 0. The topological polar surface area (TPSA) is 61.4 Å². The van der Waals surface area contributed by atoms with Gasteiger partial charge in [0, 0.05) is 43.1 Å². The van der Waals surface area contributed by atoms with Gasteiger partial charge in [0.25, 0.3) is 5.91 Å². The van der Waals surface area contributed by atoms with E-state index in [0.717, 1.165) is 37.7 Å². The maximum atomic E-state index is 12.4. The Morgan fingerprint density at radius 3 is 2.43 bits per heavy atom. The predicted octanol–water partition coefficient (Wildman–Crippen LogP) is 3.71. The van der Waals surface area contributed by atoms with Crippen LogP contribution in [-0.4, -0.2) is 42.1 Å². The van der Waals surface area contributed by atoms with E-state index in [9.17, 15) is 4.79 Å². The summed E-state index contributed by atoms with van der Waals surface area (Å²) < 4.78 is 0. The zero-order valence-electron chi connectivity index (χ0n) is 15.3. The zero-order chi connectivity index (χ0) is 19.3. The molecular formula is C21H20ClN5O. The van der Waals surface area contributed by atoms with Crippen LogP contribution in [0.25, 0.3) is 0 Å². The molecule has 0 spiro atoms. The van der Waals surface area contributed by atoms with Gasteiger partial charge in [-0.25, -0.2) is 9.97 Å². The Labute approximate surface area is 168 Å². The van der Waals surface area contributed by atoms with Gasteiger partial charge in [0.2, 0.25) is 0 Å². The van der Waals surface area contributed by atoms with Crippen LogP contribution in [0.4, 0.5) is 17.2 Å². The number of pyridine rings is 2. The first-order chi connectivity index (χ1) is 13.7. The average molecular weight is 394 g/mol. The molecule has 1 aromatic carbocycles. The van der Waals surface area contributed by atoms with Crippen LogP contribution in [0.15, 0.2) is 67.0 Å². The van der Waals surface area contributed by atoms with Gasteiger partial charge in [-0.05, 0) is 42.5 Å². The summed E-state index contributed by atoms with van der Waals surface area (Å²) in [6.45, 7) is 3.56. The van der Waals surface area contributed by atoms with Gasteiger partial charge in [-0.2, -0.15) is 0 Å². The number of aromatic nitrogens is 2. The molecule has 1 aliphatic heterocycles. The van der Waals surface area contributed by atoms with E-state index in [-0.39, 0.29) is 5.91 Å². The Balaban J connectivity index is 1.36. The first-order valence-electron chi connectivity index (χ1n) is 9.13. The zero-order valence-corrected chi connectivity index (χ0v) is 16.0. The molecule has 0 bridgehead atoms. The molecule has 6 nitrogen and oxygen atoms in total. The van der Waals surface area contributed by atoms with Gasteiger partial charge in [-0.15, -0.1) is 0 Å². The van der Waals surface area contributed by atoms with Crippen molar-refractivity contribution < 1.29 is 4.79 Å². The van der Waals surface area contributed by atoms with E-state index in [1.165, 1.54) is 0 Å². The summed E-state index contributed by atoms with van der Waals surface area (Å²) in [5.41, 5.74) is 2.03. The molecule has 0 radical (unpaired) electrons. The van der Waals surface area contributed by atoms with Crippen LogP contribution in [-0.2, 0) is 0 Å². The van der Waals surface area contributed by atoms with E-state index < -0.39 is 0 Å². The molecular weight excluding hydrogens is 374 g/mol. The predicted molar refractivity (Wildman–Crippen MR) is 112 cm³/mol. The molecule has 1 saturated heterocycles. The lowest BCUT2D eigenvalue weighted by Crippen LogP contribution is -2.46. The molecule has 0 atom stereocenters. The molecule has 3 aromatic rings. The van der Waals surface area contributed by atoms with E-state index in [1.807, 2.05) is 30.5 Å². The fourth-order valence-electron chi connectivity index (χ4n) is 3.20. The third-order valence-corrected chi connectivity index (χ3v) is 4.92. The molecule has 142 valence electrons. The van der Waals surface area contributed by atoms with Gasteiger partial charge >= 0.3 is 0 Å². The molecule has 2 aromatic heterocycles. The van der Waals surface area contributed by atoms with Crippen LogP contribution in [0, 0.1) is 0 Å². The highest BCUT2D eigenvalue weighted by molar-refractivity contribution is 6.30. The Kier molecular flexibility index (Phi) is 5.39. The lowest BCUT2D eigenvalue weighted by molar-refractivity contribution is 0.102. The number of piperazine rings is 1. The van der Waals surface area contributed by atoms with Gasteiger partial charge in [0.1, 0.15) is 11.5 Å². The van der Waals surface area contributed by atoms with Crippen molar-refractivity contribution in [1.29, 1.82) is 0 Å². The average Bonchev–Trinajstić information content (AvgIpc) is 2.75. The van der Waals surface area contributed by atoms with Gasteiger partial charge in [0.15, 0.2) is 0 Å². The smallest absolute Gasteiger partial charge is 0.274 e. The second-order valence-electron chi connectivity index (χ2n) is 6.53. The van der Waals surface area contributed by atoms with E-state index in [1.54, 1.807) is 36.5 Å². The number of carbonyl (C=O) groups is 1. The van der Waals surface area contributed by atoms with Crippen LogP contribution in [0.5, 0.6) is 0 Å². The van der Waals surface area contributed by atoms with E-state index in [2.05, 4.69) is 25.1 Å². The highest BCUT2D eigenvalue weighted by atomic mass is 35.5. The molecule has 1 amide bonds. The lowest BCUT2D eigenvalue weighted by Gasteiger charge is -2.36. The Hall–Kier alpha value is -3.12. The molecule has 1 N–H and O–H groups in total. The third-order valence-electron chi connectivity index (χ3n) is 4.68. The molecule has 0 saturated carbocycles. The second-order valence-corrected chi connectivity index (χ2v) is 6.96. The quantitative estimate of drug-likeness (QED) is 0.732. The summed E-state index contributed by atoms with van der Waals surface area (Å²) in [6, 6.07) is 16.7. The van der Waals surface area contributed by atoms with Crippen LogP contribution >= 0.6 is 11.6 Å². The number of rotatable bonds is 4. The van der Waals surface area contributed by atoms with Gasteiger partial charge in [-0.1, -0.05) is 23.7 Å². The lowest BCUT2D eigenvalue weighted by atomic mass is 10.2. The Morgan fingerprint density at radius 1 is 0.929 bits per heavy atom. The molecule has 0 aliphatic carbocycles. The summed E-state index contributed by atoms with van der Waals surface area (Å²) in [4.78, 5) is 25.7. The van der Waals surface area contributed by atoms with E-state index in [0.29, 0.717) is 16.4 Å². The number of hydrogen-bond donors (Lipinski definition) is 1. The van der Waals surface area contributed by atoms with E-state index >= 15 is 0 Å². The van der Waals surface area contributed by atoms with Crippen molar-refractivity contribution in [3.63, 3.8) is 0 Å². The molecule has 1 fully saturated rings. The summed E-state index contributed by atoms with van der Waals surface area (Å²) in [6.07, 6.45) is 3.57. The SMILES string of the molecule is O=C(Nc1cccc(Cl)c1)c1ccc(N2CCN(c3ccccn3)CC2)cn1. The number of nitrogens with zero attached hydrogens (tertiary/aromatic N) is 4. The molecule has 4 rings (SSSR count).